The minimum Gasteiger partial charge on any atom is -0.545 e. The van der Waals surface area contributed by atoms with Crippen LogP contribution in [0.3, 0.4) is 0 Å². The van der Waals surface area contributed by atoms with Gasteiger partial charge in [0.25, 0.3) is 0 Å². The van der Waals surface area contributed by atoms with Gasteiger partial charge in [-0.3, -0.25) is 0 Å². The first-order chi connectivity index (χ1) is 12.1. The zero-order valence-electron chi connectivity index (χ0n) is 13.5. The summed E-state index contributed by atoms with van der Waals surface area (Å²) in [6, 6.07) is 14.2. The van der Waals surface area contributed by atoms with Gasteiger partial charge in [0.05, 0.1) is 11.0 Å². The molecule has 0 atom stereocenters. The zero-order valence-corrected chi connectivity index (χ0v) is 15.0. The standard InChI is InChI=1S/C18H16ClN3O2S/c1-2-22-16(14-5-3-4-6-15(14)19)20-21-18(22)25-11-12-7-9-13(10-8-12)17(23)24/h3-10H,2,11H2,1H3,(H,23,24)/p-1. The Bertz CT molecular complexity index is 894. The van der Waals surface area contributed by atoms with E-state index in [1.54, 1.807) is 36.0 Å². The first-order valence-corrected chi connectivity index (χ1v) is 9.07. The van der Waals surface area contributed by atoms with Crippen molar-refractivity contribution in [2.75, 3.05) is 0 Å². The molecular weight excluding hydrogens is 358 g/mol. The molecule has 0 fully saturated rings. The van der Waals surface area contributed by atoms with E-state index in [1.807, 2.05) is 35.8 Å². The Morgan fingerprint density at radius 1 is 1.16 bits per heavy atom. The molecule has 25 heavy (non-hydrogen) atoms. The number of halogens is 1. The summed E-state index contributed by atoms with van der Waals surface area (Å²) in [5.41, 5.74) is 2.02. The molecule has 128 valence electrons. The largest absolute Gasteiger partial charge is 0.545 e. The lowest BCUT2D eigenvalue weighted by molar-refractivity contribution is -0.255. The number of benzene rings is 2. The topological polar surface area (TPSA) is 70.8 Å². The van der Waals surface area contributed by atoms with Crippen LogP contribution < -0.4 is 5.11 Å². The van der Waals surface area contributed by atoms with Crippen molar-refractivity contribution < 1.29 is 9.90 Å². The Hall–Kier alpha value is -2.31. The van der Waals surface area contributed by atoms with Crippen molar-refractivity contribution in [3.8, 4) is 11.4 Å². The minimum atomic E-state index is -1.17. The number of carboxylic acid groups (broad SMARTS) is 1. The maximum Gasteiger partial charge on any atom is 0.191 e. The van der Waals surface area contributed by atoms with E-state index in [1.165, 1.54) is 0 Å². The average molecular weight is 373 g/mol. The van der Waals surface area contributed by atoms with Crippen LogP contribution in [0.4, 0.5) is 0 Å². The van der Waals surface area contributed by atoms with Crippen molar-refractivity contribution in [1.82, 2.24) is 14.8 Å². The molecule has 0 unspecified atom stereocenters. The molecule has 1 aromatic heterocycles. The lowest BCUT2D eigenvalue weighted by Crippen LogP contribution is -2.21. The monoisotopic (exact) mass is 372 g/mol. The zero-order chi connectivity index (χ0) is 17.8. The fourth-order valence-electron chi connectivity index (χ4n) is 2.41. The van der Waals surface area contributed by atoms with Gasteiger partial charge in [0.1, 0.15) is 0 Å². The summed E-state index contributed by atoms with van der Waals surface area (Å²) in [7, 11) is 0. The first-order valence-electron chi connectivity index (χ1n) is 7.71. The van der Waals surface area contributed by atoms with E-state index in [9.17, 15) is 9.90 Å². The van der Waals surface area contributed by atoms with Gasteiger partial charge in [-0.05, 0) is 30.2 Å². The van der Waals surface area contributed by atoms with Gasteiger partial charge >= 0.3 is 0 Å². The highest BCUT2D eigenvalue weighted by Gasteiger charge is 2.15. The summed E-state index contributed by atoms with van der Waals surface area (Å²) in [5, 5.41) is 20.8. The number of rotatable bonds is 6. The number of nitrogens with zero attached hydrogens (tertiary/aromatic N) is 3. The number of aromatic carboxylic acids is 1. The van der Waals surface area contributed by atoms with Gasteiger partial charge in [-0.25, -0.2) is 0 Å². The van der Waals surface area contributed by atoms with Crippen LogP contribution in [0.1, 0.15) is 22.8 Å². The van der Waals surface area contributed by atoms with E-state index in [2.05, 4.69) is 10.2 Å². The molecule has 0 radical (unpaired) electrons. The predicted molar refractivity (Wildman–Crippen MR) is 96.5 cm³/mol. The molecule has 0 N–H and O–H groups in total. The second-order valence-electron chi connectivity index (χ2n) is 5.30. The Kier molecular flexibility index (Phi) is 5.40. The highest BCUT2D eigenvalue weighted by atomic mass is 35.5. The van der Waals surface area contributed by atoms with Gasteiger partial charge in [0, 0.05) is 17.9 Å². The van der Waals surface area contributed by atoms with Crippen molar-refractivity contribution in [2.45, 2.75) is 24.4 Å². The smallest absolute Gasteiger partial charge is 0.191 e. The van der Waals surface area contributed by atoms with Gasteiger partial charge in [0.2, 0.25) is 0 Å². The van der Waals surface area contributed by atoms with Gasteiger partial charge in [0.15, 0.2) is 11.0 Å². The number of aromatic nitrogens is 3. The molecule has 0 aliphatic rings. The molecular formula is C18H15ClN3O2S-. The van der Waals surface area contributed by atoms with Crippen molar-refractivity contribution in [1.29, 1.82) is 0 Å². The Morgan fingerprint density at radius 3 is 2.52 bits per heavy atom. The third-order valence-corrected chi connectivity index (χ3v) is 5.07. The van der Waals surface area contributed by atoms with Crippen molar-refractivity contribution in [2.24, 2.45) is 0 Å². The van der Waals surface area contributed by atoms with Crippen LogP contribution in [-0.2, 0) is 12.3 Å². The number of thioether (sulfide) groups is 1. The second kappa shape index (κ2) is 7.72. The van der Waals surface area contributed by atoms with E-state index in [4.69, 9.17) is 11.6 Å². The summed E-state index contributed by atoms with van der Waals surface area (Å²) in [6.07, 6.45) is 0. The Balaban J connectivity index is 1.79. The van der Waals surface area contributed by atoms with Crippen molar-refractivity contribution in [3.05, 3.63) is 64.7 Å². The van der Waals surface area contributed by atoms with Crippen LogP contribution >= 0.6 is 23.4 Å². The maximum absolute atomic E-state index is 10.8. The summed E-state index contributed by atoms with van der Waals surface area (Å²) in [6.45, 7) is 2.75. The summed E-state index contributed by atoms with van der Waals surface area (Å²) in [4.78, 5) is 10.8. The number of carbonyl (C=O) groups is 1. The van der Waals surface area contributed by atoms with E-state index in [0.717, 1.165) is 28.7 Å². The van der Waals surface area contributed by atoms with Gasteiger partial charge in [-0.15, -0.1) is 10.2 Å². The van der Waals surface area contributed by atoms with E-state index >= 15 is 0 Å². The van der Waals surface area contributed by atoms with Crippen LogP contribution in [0.15, 0.2) is 53.7 Å². The SMILES string of the molecule is CCn1c(SCc2ccc(C(=O)[O-])cc2)nnc1-c1ccccc1Cl. The molecule has 3 rings (SSSR count). The fraction of sp³-hybridized carbons (Fsp3) is 0.167. The molecule has 0 spiro atoms. The van der Waals surface area contributed by atoms with Crippen molar-refractivity contribution in [3.63, 3.8) is 0 Å². The quantitative estimate of drug-likeness (QED) is 0.621. The normalized spacial score (nSPS) is 10.8. The average Bonchev–Trinajstić information content (AvgIpc) is 3.03. The van der Waals surface area contributed by atoms with E-state index in [-0.39, 0.29) is 5.56 Å². The van der Waals surface area contributed by atoms with Gasteiger partial charge < -0.3 is 14.5 Å². The number of hydrogen-bond donors (Lipinski definition) is 0. The molecule has 7 heteroatoms. The first kappa shape index (κ1) is 17.5. The third kappa shape index (κ3) is 3.86. The van der Waals surface area contributed by atoms with E-state index < -0.39 is 5.97 Å². The number of hydrogen-bond acceptors (Lipinski definition) is 5. The Labute approximate surface area is 154 Å². The van der Waals surface area contributed by atoms with Crippen LogP contribution in [0.5, 0.6) is 0 Å². The lowest BCUT2D eigenvalue weighted by atomic mass is 10.1. The summed E-state index contributed by atoms with van der Waals surface area (Å²) in [5.74, 6) is 0.228. The molecule has 0 saturated carbocycles. The molecule has 0 aliphatic carbocycles. The molecule has 2 aromatic carbocycles. The molecule has 0 aliphatic heterocycles. The fourth-order valence-corrected chi connectivity index (χ4v) is 3.59. The Morgan fingerprint density at radius 2 is 1.88 bits per heavy atom. The number of carboxylic acids is 1. The van der Waals surface area contributed by atoms with Crippen LogP contribution in [0.25, 0.3) is 11.4 Å². The minimum absolute atomic E-state index is 0.173. The van der Waals surface area contributed by atoms with Crippen molar-refractivity contribution >= 4 is 29.3 Å². The molecule has 0 bridgehead atoms. The highest BCUT2D eigenvalue weighted by molar-refractivity contribution is 7.98. The lowest BCUT2D eigenvalue weighted by Gasteiger charge is -2.09. The van der Waals surface area contributed by atoms with E-state index in [0.29, 0.717) is 10.8 Å². The highest BCUT2D eigenvalue weighted by Crippen LogP contribution is 2.30. The van der Waals surface area contributed by atoms with Gasteiger partial charge in [-0.2, -0.15) is 0 Å². The maximum atomic E-state index is 10.8. The van der Waals surface area contributed by atoms with Crippen LogP contribution in [0.2, 0.25) is 5.02 Å². The molecule has 1 heterocycles. The number of carbonyl (C=O) groups excluding carboxylic acids is 1. The summed E-state index contributed by atoms with van der Waals surface area (Å²) >= 11 is 7.81. The molecule has 0 amide bonds. The van der Waals surface area contributed by atoms with Crippen LogP contribution in [-0.4, -0.2) is 20.7 Å². The summed E-state index contributed by atoms with van der Waals surface area (Å²) < 4.78 is 2.02. The van der Waals surface area contributed by atoms with Gasteiger partial charge in [-0.1, -0.05) is 59.8 Å². The molecule has 3 aromatic rings. The second-order valence-corrected chi connectivity index (χ2v) is 6.65. The van der Waals surface area contributed by atoms with Crippen LogP contribution in [0, 0.1) is 0 Å². The predicted octanol–water partition coefficient (Wildman–Crippen LogP) is 3.27. The molecule has 0 saturated heterocycles. The molecule has 5 nitrogen and oxygen atoms in total. The third-order valence-electron chi connectivity index (χ3n) is 3.71.